The van der Waals surface area contributed by atoms with Crippen molar-refractivity contribution in [3.8, 4) is 0 Å². The lowest BCUT2D eigenvalue weighted by Crippen LogP contribution is -2.46. The Morgan fingerprint density at radius 1 is 1.35 bits per heavy atom. The number of ether oxygens (including phenoxy) is 1. The van der Waals surface area contributed by atoms with Crippen molar-refractivity contribution in [2.45, 2.75) is 51.4 Å². The average Bonchev–Trinajstić information content (AvgIpc) is 2.99. The summed E-state index contributed by atoms with van der Waals surface area (Å²) in [5.41, 5.74) is 10.6. The number of para-hydroxylation sites is 1. The molecule has 2 aliphatic heterocycles. The van der Waals surface area contributed by atoms with Crippen LogP contribution in [0.1, 0.15) is 56.9 Å². The van der Waals surface area contributed by atoms with Gasteiger partial charge in [-0.25, -0.2) is 0 Å². The van der Waals surface area contributed by atoms with Gasteiger partial charge in [0.25, 0.3) is 0 Å². The van der Waals surface area contributed by atoms with Crippen molar-refractivity contribution in [2.24, 2.45) is 5.41 Å². The molecule has 0 aromatic heterocycles. The number of amides is 1. The molecule has 1 saturated heterocycles. The number of esters is 1. The summed E-state index contributed by atoms with van der Waals surface area (Å²) >= 11 is 0. The SMILES string of the molecule is CC(=O)OCC[C@]12CCCN3C(=O)C[C@H](c4ccccc4N)C(=C31)CC2. The summed E-state index contributed by atoms with van der Waals surface area (Å²) in [7, 11) is 0. The lowest BCUT2D eigenvalue weighted by molar-refractivity contribution is -0.142. The first-order valence-electron chi connectivity index (χ1n) is 9.53. The Kier molecular flexibility index (Phi) is 4.25. The number of benzene rings is 1. The molecular weight excluding hydrogens is 328 g/mol. The van der Waals surface area contributed by atoms with Crippen LogP contribution in [0.2, 0.25) is 0 Å². The number of anilines is 1. The molecule has 1 aromatic rings. The van der Waals surface area contributed by atoms with E-state index in [1.807, 2.05) is 23.1 Å². The van der Waals surface area contributed by atoms with Crippen molar-refractivity contribution in [3.63, 3.8) is 0 Å². The van der Waals surface area contributed by atoms with E-state index in [4.69, 9.17) is 10.5 Å². The van der Waals surface area contributed by atoms with Crippen molar-refractivity contribution < 1.29 is 14.3 Å². The third-order valence-electron chi connectivity index (χ3n) is 6.34. The van der Waals surface area contributed by atoms with E-state index in [-0.39, 0.29) is 23.2 Å². The quantitative estimate of drug-likeness (QED) is 0.665. The Balaban J connectivity index is 1.73. The van der Waals surface area contributed by atoms with Crippen LogP contribution in [-0.2, 0) is 14.3 Å². The molecule has 1 amide bonds. The van der Waals surface area contributed by atoms with E-state index in [9.17, 15) is 9.59 Å². The summed E-state index contributed by atoms with van der Waals surface area (Å²) in [5.74, 6) is 0.0510. The molecule has 0 bridgehead atoms. The second-order valence-electron chi connectivity index (χ2n) is 7.78. The molecule has 3 aliphatic rings. The summed E-state index contributed by atoms with van der Waals surface area (Å²) in [6.07, 6.45) is 5.41. The summed E-state index contributed by atoms with van der Waals surface area (Å²) in [6.45, 7) is 2.68. The minimum absolute atomic E-state index is 0.0269. The molecule has 0 spiro atoms. The van der Waals surface area contributed by atoms with Crippen molar-refractivity contribution in [1.29, 1.82) is 0 Å². The van der Waals surface area contributed by atoms with E-state index >= 15 is 0 Å². The number of nitrogen functional groups attached to an aromatic ring is 1. The predicted molar refractivity (Wildman–Crippen MR) is 99.1 cm³/mol. The van der Waals surface area contributed by atoms with Gasteiger partial charge in [0.2, 0.25) is 5.91 Å². The molecule has 5 heteroatoms. The van der Waals surface area contributed by atoms with Gasteiger partial charge in [0.1, 0.15) is 0 Å². The number of carbonyl (C=O) groups is 2. The van der Waals surface area contributed by atoms with Crippen LogP contribution >= 0.6 is 0 Å². The van der Waals surface area contributed by atoms with Crippen molar-refractivity contribution >= 4 is 17.6 Å². The second kappa shape index (κ2) is 6.45. The number of nitrogens with zero attached hydrogens (tertiary/aromatic N) is 1. The Hall–Kier alpha value is -2.30. The van der Waals surface area contributed by atoms with Crippen LogP contribution in [0.15, 0.2) is 35.5 Å². The van der Waals surface area contributed by atoms with E-state index in [1.165, 1.54) is 18.2 Å². The van der Waals surface area contributed by atoms with Gasteiger partial charge >= 0.3 is 5.97 Å². The molecule has 5 nitrogen and oxygen atoms in total. The Morgan fingerprint density at radius 3 is 2.92 bits per heavy atom. The minimum Gasteiger partial charge on any atom is -0.466 e. The number of piperidine rings is 1. The first kappa shape index (κ1) is 17.1. The molecule has 0 radical (unpaired) electrons. The third-order valence-corrected chi connectivity index (χ3v) is 6.34. The maximum atomic E-state index is 12.9. The smallest absolute Gasteiger partial charge is 0.302 e. The van der Waals surface area contributed by atoms with Gasteiger partial charge in [0, 0.05) is 42.6 Å². The van der Waals surface area contributed by atoms with E-state index in [0.29, 0.717) is 13.0 Å². The van der Waals surface area contributed by atoms with Gasteiger partial charge in [-0.15, -0.1) is 0 Å². The molecule has 138 valence electrons. The Morgan fingerprint density at radius 2 is 2.15 bits per heavy atom. The zero-order chi connectivity index (χ0) is 18.3. The number of rotatable bonds is 4. The molecule has 2 atom stereocenters. The van der Waals surface area contributed by atoms with Crippen molar-refractivity contribution in [2.75, 3.05) is 18.9 Å². The van der Waals surface area contributed by atoms with Crippen LogP contribution in [0.3, 0.4) is 0 Å². The molecule has 2 heterocycles. The molecule has 0 unspecified atom stereocenters. The highest BCUT2D eigenvalue weighted by molar-refractivity contribution is 5.83. The highest BCUT2D eigenvalue weighted by atomic mass is 16.5. The number of hydrogen-bond donors (Lipinski definition) is 1. The van der Waals surface area contributed by atoms with Crippen molar-refractivity contribution in [1.82, 2.24) is 4.90 Å². The second-order valence-corrected chi connectivity index (χ2v) is 7.78. The summed E-state index contributed by atoms with van der Waals surface area (Å²) < 4.78 is 5.24. The summed E-state index contributed by atoms with van der Waals surface area (Å²) in [5, 5.41) is 0. The van der Waals surface area contributed by atoms with Gasteiger partial charge < -0.3 is 15.4 Å². The topological polar surface area (TPSA) is 72.6 Å². The predicted octanol–water partition coefficient (Wildman–Crippen LogP) is 3.37. The third kappa shape index (κ3) is 2.70. The number of carbonyl (C=O) groups excluding carboxylic acids is 2. The Bertz CT molecular complexity index is 785. The maximum absolute atomic E-state index is 12.9. The monoisotopic (exact) mass is 354 g/mol. The van der Waals surface area contributed by atoms with Crippen LogP contribution in [0.25, 0.3) is 0 Å². The zero-order valence-electron chi connectivity index (χ0n) is 15.3. The fraction of sp³-hybridized carbons (Fsp3) is 0.524. The molecule has 0 saturated carbocycles. The largest absolute Gasteiger partial charge is 0.466 e. The average molecular weight is 354 g/mol. The number of hydrogen-bond acceptors (Lipinski definition) is 4. The number of allylic oxidation sites excluding steroid dienone is 2. The van der Waals surface area contributed by atoms with Gasteiger partial charge in [-0.2, -0.15) is 0 Å². The van der Waals surface area contributed by atoms with Crippen molar-refractivity contribution in [3.05, 3.63) is 41.1 Å². The first-order valence-corrected chi connectivity index (χ1v) is 9.53. The lowest BCUT2D eigenvalue weighted by Gasteiger charge is -2.46. The lowest BCUT2D eigenvalue weighted by atomic mass is 9.72. The summed E-state index contributed by atoms with van der Waals surface area (Å²) in [4.78, 5) is 26.1. The van der Waals surface area contributed by atoms with E-state index in [1.54, 1.807) is 0 Å². The van der Waals surface area contributed by atoms with Crippen LogP contribution < -0.4 is 5.73 Å². The normalized spacial score (nSPS) is 27.5. The molecule has 4 rings (SSSR count). The highest BCUT2D eigenvalue weighted by Crippen LogP contribution is 2.58. The molecule has 1 aliphatic carbocycles. The van der Waals surface area contributed by atoms with E-state index in [0.717, 1.165) is 49.9 Å². The van der Waals surface area contributed by atoms with Gasteiger partial charge in [-0.05, 0) is 49.3 Å². The van der Waals surface area contributed by atoms with Gasteiger partial charge in [0.15, 0.2) is 0 Å². The van der Waals surface area contributed by atoms with Gasteiger partial charge in [-0.3, -0.25) is 9.59 Å². The molecule has 1 fully saturated rings. The first-order chi connectivity index (χ1) is 12.5. The van der Waals surface area contributed by atoms with Crippen LogP contribution in [0.5, 0.6) is 0 Å². The van der Waals surface area contributed by atoms with Crippen LogP contribution in [-0.4, -0.2) is 29.9 Å². The Labute approximate surface area is 154 Å². The summed E-state index contributed by atoms with van der Waals surface area (Å²) in [6, 6.07) is 7.91. The molecule has 2 N–H and O–H groups in total. The van der Waals surface area contributed by atoms with E-state index in [2.05, 4.69) is 6.07 Å². The van der Waals surface area contributed by atoms with Gasteiger partial charge in [0.05, 0.1) is 6.61 Å². The molecular formula is C21H26N2O3. The fourth-order valence-corrected chi connectivity index (χ4v) is 5.22. The number of nitrogens with two attached hydrogens (primary N) is 1. The van der Waals surface area contributed by atoms with Gasteiger partial charge in [-0.1, -0.05) is 18.2 Å². The fourth-order valence-electron chi connectivity index (χ4n) is 5.22. The molecule has 26 heavy (non-hydrogen) atoms. The molecule has 1 aromatic carbocycles. The minimum atomic E-state index is -0.240. The van der Waals surface area contributed by atoms with E-state index < -0.39 is 0 Å². The van der Waals surface area contributed by atoms with Crippen LogP contribution in [0.4, 0.5) is 5.69 Å². The zero-order valence-corrected chi connectivity index (χ0v) is 15.3. The van der Waals surface area contributed by atoms with Crippen LogP contribution in [0, 0.1) is 5.41 Å². The highest BCUT2D eigenvalue weighted by Gasteiger charge is 2.51. The maximum Gasteiger partial charge on any atom is 0.302 e. The standard InChI is InChI=1S/C21H26N2O3/c1-14(24)26-12-10-21-8-4-11-23-19(25)13-17(16(7-9-21)20(21)23)15-5-2-3-6-18(15)22/h2-3,5-6,17H,4,7-13,22H2,1H3/t17-,21-/m1/s1.